The Morgan fingerprint density at radius 2 is 2.11 bits per heavy atom. The molecule has 1 heterocycles. The third-order valence-corrected chi connectivity index (χ3v) is 4.14. The van der Waals surface area contributed by atoms with Crippen molar-refractivity contribution in [3.63, 3.8) is 0 Å². The number of aryl methyl sites for hydroxylation is 1. The van der Waals surface area contributed by atoms with Gasteiger partial charge in [0.15, 0.2) is 0 Å². The van der Waals surface area contributed by atoms with E-state index in [4.69, 9.17) is 5.11 Å². The minimum atomic E-state index is -4.01. The largest absolute Gasteiger partial charge is 0.478 e. The molecule has 7 nitrogen and oxygen atoms in total. The van der Waals surface area contributed by atoms with Crippen LogP contribution in [0, 0.1) is 6.92 Å². The van der Waals surface area contributed by atoms with Crippen molar-refractivity contribution >= 4 is 15.8 Å². The van der Waals surface area contributed by atoms with Gasteiger partial charge in [-0.2, -0.15) is 5.10 Å². The molecule has 2 rings (SSSR count). The summed E-state index contributed by atoms with van der Waals surface area (Å²) in [4.78, 5) is 14.4. The molecule has 0 aliphatic rings. The number of sulfone groups is 1. The number of carboxylic acids is 1. The average molecular weight is 267 g/mol. The number of carbonyl (C=O) groups is 1. The van der Waals surface area contributed by atoms with Crippen molar-refractivity contribution in [2.45, 2.75) is 17.0 Å². The van der Waals surface area contributed by atoms with E-state index in [0.29, 0.717) is 5.56 Å². The molecule has 0 spiro atoms. The van der Waals surface area contributed by atoms with Crippen LogP contribution in [0.25, 0.3) is 0 Å². The number of nitrogens with one attached hydrogen (secondary N) is 1. The van der Waals surface area contributed by atoms with E-state index in [-0.39, 0.29) is 15.6 Å². The molecule has 1 aromatic carbocycles. The van der Waals surface area contributed by atoms with Gasteiger partial charge in [-0.3, -0.25) is 0 Å². The van der Waals surface area contributed by atoms with Crippen LogP contribution in [0.3, 0.4) is 0 Å². The first-order valence-electron chi connectivity index (χ1n) is 4.88. The normalized spacial score (nSPS) is 11.4. The molecule has 0 saturated heterocycles. The second-order valence-electron chi connectivity index (χ2n) is 3.55. The summed E-state index contributed by atoms with van der Waals surface area (Å²) in [6.07, 6.45) is 1.05. The van der Waals surface area contributed by atoms with E-state index < -0.39 is 15.8 Å². The van der Waals surface area contributed by atoms with Crippen LogP contribution in [0.2, 0.25) is 0 Å². The highest BCUT2D eigenvalue weighted by molar-refractivity contribution is 7.91. The van der Waals surface area contributed by atoms with Crippen LogP contribution in [0.1, 0.15) is 15.9 Å². The Labute approximate surface area is 102 Å². The van der Waals surface area contributed by atoms with Gasteiger partial charge >= 0.3 is 5.97 Å². The van der Waals surface area contributed by atoms with Crippen LogP contribution in [0.5, 0.6) is 0 Å². The summed E-state index contributed by atoms with van der Waals surface area (Å²) in [5.41, 5.74) is 0.0534. The molecule has 2 aromatic rings. The van der Waals surface area contributed by atoms with Gasteiger partial charge in [0.2, 0.25) is 15.0 Å². The average Bonchev–Trinajstić information content (AvgIpc) is 2.82. The number of aromatic nitrogens is 3. The van der Waals surface area contributed by atoms with E-state index >= 15 is 0 Å². The van der Waals surface area contributed by atoms with E-state index in [9.17, 15) is 13.2 Å². The molecular formula is C10H9N3O4S. The third kappa shape index (κ3) is 1.86. The van der Waals surface area contributed by atoms with Crippen LogP contribution in [-0.2, 0) is 9.84 Å². The molecule has 0 bridgehead atoms. The van der Waals surface area contributed by atoms with Crippen molar-refractivity contribution in [2.75, 3.05) is 0 Å². The summed E-state index contributed by atoms with van der Waals surface area (Å²) in [5.74, 6) is -1.31. The first-order valence-corrected chi connectivity index (χ1v) is 6.36. The SMILES string of the molecule is Cc1cccc(C(=O)O)c1S(=O)(=O)c1ncn[nH]1. The quantitative estimate of drug-likeness (QED) is 0.843. The first-order chi connectivity index (χ1) is 8.44. The second-order valence-corrected chi connectivity index (χ2v) is 5.35. The molecule has 0 saturated carbocycles. The Morgan fingerprint density at radius 3 is 2.67 bits per heavy atom. The summed E-state index contributed by atoms with van der Waals surface area (Å²) in [7, 11) is -4.01. The maximum Gasteiger partial charge on any atom is 0.337 e. The molecule has 8 heteroatoms. The molecule has 2 N–H and O–H groups in total. The number of hydrogen-bond acceptors (Lipinski definition) is 5. The van der Waals surface area contributed by atoms with Crippen LogP contribution in [0.15, 0.2) is 34.6 Å². The first kappa shape index (κ1) is 12.2. The van der Waals surface area contributed by atoms with E-state index in [2.05, 4.69) is 15.2 Å². The van der Waals surface area contributed by atoms with Gasteiger partial charge in [-0.25, -0.2) is 23.3 Å². The number of benzene rings is 1. The minimum absolute atomic E-state index is 0.269. The Kier molecular flexibility index (Phi) is 2.87. The zero-order chi connectivity index (χ0) is 13.3. The highest BCUT2D eigenvalue weighted by Gasteiger charge is 2.28. The van der Waals surface area contributed by atoms with Gasteiger partial charge < -0.3 is 5.11 Å². The number of aromatic carboxylic acids is 1. The monoisotopic (exact) mass is 267 g/mol. The molecule has 0 aliphatic carbocycles. The zero-order valence-electron chi connectivity index (χ0n) is 9.28. The molecule has 0 fully saturated rings. The van der Waals surface area contributed by atoms with Gasteiger partial charge in [0, 0.05) is 0 Å². The van der Waals surface area contributed by atoms with Gasteiger partial charge in [-0.15, -0.1) is 0 Å². The molecule has 0 radical (unpaired) electrons. The lowest BCUT2D eigenvalue weighted by molar-refractivity contribution is 0.0692. The van der Waals surface area contributed by atoms with Gasteiger partial charge in [0.05, 0.1) is 10.5 Å². The van der Waals surface area contributed by atoms with Crippen LogP contribution in [-0.4, -0.2) is 34.7 Å². The van der Waals surface area contributed by atoms with Crippen molar-refractivity contribution in [1.29, 1.82) is 0 Å². The predicted molar refractivity (Wildman–Crippen MR) is 60.0 cm³/mol. The summed E-state index contributed by atoms with van der Waals surface area (Å²) in [5, 5.41) is 14.3. The third-order valence-electron chi connectivity index (χ3n) is 2.36. The van der Waals surface area contributed by atoms with Crippen molar-refractivity contribution in [1.82, 2.24) is 15.2 Å². The van der Waals surface area contributed by atoms with Crippen molar-refractivity contribution in [3.05, 3.63) is 35.7 Å². The molecule has 1 aromatic heterocycles. The highest BCUT2D eigenvalue weighted by atomic mass is 32.2. The Bertz CT molecular complexity index is 692. The summed E-state index contributed by atoms with van der Waals surface area (Å²) in [6, 6.07) is 4.24. The molecule has 0 aliphatic heterocycles. The second kappa shape index (κ2) is 4.22. The van der Waals surface area contributed by atoms with E-state index in [1.54, 1.807) is 0 Å². The van der Waals surface area contributed by atoms with E-state index in [0.717, 1.165) is 6.33 Å². The van der Waals surface area contributed by atoms with E-state index in [1.807, 2.05) is 0 Å². The van der Waals surface area contributed by atoms with Crippen LogP contribution < -0.4 is 0 Å². The van der Waals surface area contributed by atoms with E-state index in [1.165, 1.54) is 25.1 Å². The smallest absolute Gasteiger partial charge is 0.337 e. The number of hydrogen-bond donors (Lipinski definition) is 2. The summed E-state index contributed by atoms with van der Waals surface area (Å²) in [6.45, 7) is 1.52. The number of H-pyrrole nitrogens is 1. The van der Waals surface area contributed by atoms with Crippen LogP contribution >= 0.6 is 0 Å². The Morgan fingerprint density at radius 1 is 1.39 bits per heavy atom. The number of rotatable bonds is 3. The zero-order valence-corrected chi connectivity index (χ0v) is 10.1. The topological polar surface area (TPSA) is 113 Å². The fraction of sp³-hybridized carbons (Fsp3) is 0.100. The van der Waals surface area contributed by atoms with Crippen molar-refractivity contribution < 1.29 is 18.3 Å². The molecule has 0 unspecified atom stereocenters. The predicted octanol–water partition coefficient (Wildman–Crippen LogP) is 0.644. The lowest BCUT2D eigenvalue weighted by Gasteiger charge is -2.08. The fourth-order valence-electron chi connectivity index (χ4n) is 1.60. The molecule has 0 atom stereocenters. The highest BCUT2D eigenvalue weighted by Crippen LogP contribution is 2.25. The lowest BCUT2D eigenvalue weighted by Crippen LogP contribution is -2.12. The molecule has 0 amide bonds. The van der Waals surface area contributed by atoms with Gasteiger partial charge in [0.25, 0.3) is 0 Å². The standard InChI is InChI=1S/C10H9N3O4S/c1-6-3-2-4-7(9(14)15)8(6)18(16,17)10-11-5-12-13-10/h2-5H,1H3,(H,14,15)(H,11,12,13). The number of nitrogens with zero attached hydrogens (tertiary/aromatic N) is 2. The lowest BCUT2D eigenvalue weighted by atomic mass is 10.1. The molecule has 94 valence electrons. The fourth-order valence-corrected chi connectivity index (χ4v) is 3.09. The van der Waals surface area contributed by atoms with Gasteiger partial charge in [0.1, 0.15) is 6.33 Å². The minimum Gasteiger partial charge on any atom is -0.478 e. The van der Waals surface area contributed by atoms with Gasteiger partial charge in [-0.1, -0.05) is 12.1 Å². The van der Waals surface area contributed by atoms with Gasteiger partial charge in [-0.05, 0) is 18.6 Å². The van der Waals surface area contributed by atoms with Crippen molar-refractivity contribution in [2.24, 2.45) is 0 Å². The Balaban J connectivity index is 2.76. The Hall–Kier alpha value is -2.22. The van der Waals surface area contributed by atoms with Crippen molar-refractivity contribution in [3.8, 4) is 0 Å². The number of carboxylic acid groups (broad SMARTS) is 1. The van der Waals surface area contributed by atoms with Crippen LogP contribution in [0.4, 0.5) is 0 Å². The maximum atomic E-state index is 12.2. The maximum absolute atomic E-state index is 12.2. The number of aromatic amines is 1. The molecule has 18 heavy (non-hydrogen) atoms. The summed E-state index contributed by atoms with van der Waals surface area (Å²) >= 11 is 0. The molecular weight excluding hydrogens is 258 g/mol. The summed E-state index contributed by atoms with van der Waals surface area (Å²) < 4.78 is 24.5.